The molecule has 2 atom stereocenters. The lowest BCUT2D eigenvalue weighted by Crippen LogP contribution is -2.46. The molecular formula is C19H27NO3S. The summed E-state index contributed by atoms with van der Waals surface area (Å²) in [6.45, 7) is 2.50. The van der Waals surface area contributed by atoms with Gasteiger partial charge in [0.1, 0.15) is 0 Å². The molecule has 3 aliphatic rings. The second-order valence-corrected chi connectivity index (χ2v) is 8.32. The third kappa shape index (κ3) is 3.02. The van der Waals surface area contributed by atoms with Gasteiger partial charge >= 0.3 is 0 Å². The summed E-state index contributed by atoms with van der Waals surface area (Å²) in [5.41, 5.74) is 1.45. The molecule has 5 heteroatoms. The van der Waals surface area contributed by atoms with Gasteiger partial charge in [-0.05, 0) is 55.5 Å². The first-order valence-electron chi connectivity index (χ1n) is 9.25. The van der Waals surface area contributed by atoms with Crippen molar-refractivity contribution in [2.45, 2.75) is 50.7 Å². The standard InChI is InChI=1S/C19H27NO3S/c1-22-16-4-2-14(3-5-16)19(21)20-9-6-13-8-11-24-18(13)17(20)15-7-10-23-12-15/h8,11,14-17H,2-7,9-10,12H2,1H3. The highest BCUT2D eigenvalue weighted by Gasteiger charge is 2.41. The van der Waals surface area contributed by atoms with Gasteiger partial charge in [-0.2, -0.15) is 0 Å². The minimum atomic E-state index is 0.183. The quantitative estimate of drug-likeness (QED) is 0.839. The zero-order valence-electron chi connectivity index (χ0n) is 14.4. The average molecular weight is 349 g/mol. The van der Waals surface area contributed by atoms with Gasteiger partial charge in [0.2, 0.25) is 5.91 Å². The summed E-state index contributed by atoms with van der Waals surface area (Å²) in [4.78, 5) is 16.9. The van der Waals surface area contributed by atoms with Crippen LogP contribution < -0.4 is 0 Å². The molecule has 1 aromatic rings. The van der Waals surface area contributed by atoms with Crippen LogP contribution in [-0.2, 0) is 20.7 Å². The van der Waals surface area contributed by atoms with E-state index in [9.17, 15) is 4.79 Å². The number of nitrogens with zero attached hydrogens (tertiary/aromatic N) is 1. The van der Waals surface area contributed by atoms with E-state index in [2.05, 4.69) is 16.3 Å². The first-order chi connectivity index (χ1) is 11.8. The van der Waals surface area contributed by atoms with E-state index in [4.69, 9.17) is 9.47 Å². The number of carbonyl (C=O) groups excluding carboxylic acids is 1. The molecule has 1 saturated heterocycles. The molecule has 0 spiro atoms. The smallest absolute Gasteiger partial charge is 0.226 e. The minimum Gasteiger partial charge on any atom is -0.381 e. The molecule has 24 heavy (non-hydrogen) atoms. The molecule has 4 rings (SSSR count). The summed E-state index contributed by atoms with van der Waals surface area (Å²) in [7, 11) is 1.78. The zero-order chi connectivity index (χ0) is 16.5. The van der Waals surface area contributed by atoms with Crippen LogP contribution in [0.15, 0.2) is 11.4 Å². The fraction of sp³-hybridized carbons (Fsp3) is 0.737. The summed E-state index contributed by atoms with van der Waals surface area (Å²) < 4.78 is 11.1. The minimum absolute atomic E-state index is 0.183. The Morgan fingerprint density at radius 3 is 2.83 bits per heavy atom. The Balaban J connectivity index is 1.53. The molecule has 1 amide bonds. The average Bonchev–Trinajstić information content (AvgIpc) is 3.31. The number of hydrogen-bond donors (Lipinski definition) is 0. The van der Waals surface area contributed by atoms with Gasteiger partial charge < -0.3 is 14.4 Å². The van der Waals surface area contributed by atoms with Gasteiger partial charge in [0.25, 0.3) is 0 Å². The van der Waals surface area contributed by atoms with Gasteiger partial charge in [0.05, 0.1) is 18.8 Å². The van der Waals surface area contributed by atoms with E-state index in [-0.39, 0.29) is 12.0 Å². The van der Waals surface area contributed by atoms with Crippen molar-refractivity contribution < 1.29 is 14.3 Å². The molecule has 132 valence electrons. The summed E-state index contributed by atoms with van der Waals surface area (Å²) in [5.74, 6) is 1.02. The number of thiophene rings is 1. The zero-order valence-corrected chi connectivity index (χ0v) is 15.2. The number of methoxy groups -OCH3 is 1. The summed E-state index contributed by atoms with van der Waals surface area (Å²) in [5, 5.41) is 2.19. The highest BCUT2D eigenvalue weighted by molar-refractivity contribution is 7.10. The molecule has 0 radical (unpaired) electrons. The first kappa shape index (κ1) is 16.6. The molecule has 2 unspecified atom stereocenters. The highest BCUT2D eigenvalue weighted by Crippen LogP contribution is 2.43. The molecule has 1 saturated carbocycles. The van der Waals surface area contributed by atoms with E-state index >= 15 is 0 Å². The SMILES string of the molecule is COC1CCC(C(=O)N2CCc3ccsc3C2C2CCOC2)CC1. The van der Waals surface area contributed by atoms with E-state index in [0.29, 0.717) is 17.9 Å². The summed E-state index contributed by atoms with van der Waals surface area (Å²) in [6, 6.07) is 2.48. The predicted molar refractivity (Wildman–Crippen MR) is 94.2 cm³/mol. The van der Waals surface area contributed by atoms with Crippen molar-refractivity contribution >= 4 is 17.2 Å². The van der Waals surface area contributed by atoms with Crippen molar-refractivity contribution in [3.63, 3.8) is 0 Å². The van der Waals surface area contributed by atoms with Gasteiger partial charge in [0.15, 0.2) is 0 Å². The Hall–Kier alpha value is -0.910. The molecule has 1 aliphatic carbocycles. The molecule has 1 aromatic heterocycles. The maximum Gasteiger partial charge on any atom is 0.226 e. The Bertz CT molecular complexity index is 573. The lowest BCUT2D eigenvalue weighted by atomic mass is 9.84. The van der Waals surface area contributed by atoms with Crippen LogP contribution in [0.2, 0.25) is 0 Å². The molecule has 0 bridgehead atoms. The second kappa shape index (κ2) is 7.14. The van der Waals surface area contributed by atoms with Crippen molar-refractivity contribution in [1.29, 1.82) is 0 Å². The van der Waals surface area contributed by atoms with Crippen LogP contribution in [0.25, 0.3) is 0 Å². The fourth-order valence-corrected chi connectivity index (χ4v) is 5.79. The van der Waals surface area contributed by atoms with Crippen LogP contribution in [0.5, 0.6) is 0 Å². The van der Waals surface area contributed by atoms with E-state index < -0.39 is 0 Å². The molecule has 3 heterocycles. The lowest BCUT2D eigenvalue weighted by Gasteiger charge is -2.41. The molecule has 2 fully saturated rings. The molecule has 4 nitrogen and oxygen atoms in total. The van der Waals surface area contributed by atoms with Gasteiger partial charge in [-0.1, -0.05) is 0 Å². The first-order valence-corrected chi connectivity index (χ1v) is 10.1. The van der Waals surface area contributed by atoms with E-state index in [0.717, 1.165) is 58.3 Å². The number of ether oxygens (including phenoxy) is 2. The number of hydrogen-bond acceptors (Lipinski definition) is 4. The largest absolute Gasteiger partial charge is 0.381 e. The van der Waals surface area contributed by atoms with Crippen LogP contribution in [0.4, 0.5) is 0 Å². The van der Waals surface area contributed by atoms with Crippen molar-refractivity contribution in [3.05, 3.63) is 21.9 Å². The van der Waals surface area contributed by atoms with Gasteiger partial charge in [-0.25, -0.2) is 0 Å². The van der Waals surface area contributed by atoms with Crippen LogP contribution in [0.3, 0.4) is 0 Å². The van der Waals surface area contributed by atoms with Crippen molar-refractivity contribution in [2.24, 2.45) is 11.8 Å². The van der Waals surface area contributed by atoms with Gasteiger partial charge in [-0.3, -0.25) is 4.79 Å². The van der Waals surface area contributed by atoms with E-state index in [1.54, 1.807) is 7.11 Å². The predicted octanol–water partition coefficient (Wildman–Crippen LogP) is 3.42. The summed E-state index contributed by atoms with van der Waals surface area (Å²) in [6.07, 6.45) is 6.39. The van der Waals surface area contributed by atoms with E-state index in [1.807, 2.05) is 11.3 Å². The maximum atomic E-state index is 13.3. The highest BCUT2D eigenvalue weighted by atomic mass is 32.1. The molecule has 2 aliphatic heterocycles. The lowest BCUT2D eigenvalue weighted by molar-refractivity contribution is -0.141. The number of carbonyl (C=O) groups is 1. The van der Waals surface area contributed by atoms with E-state index in [1.165, 1.54) is 10.4 Å². The van der Waals surface area contributed by atoms with Crippen molar-refractivity contribution in [1.82, 2.24) is 4.90 Å². The maximum absolute atomic E-state index is 13.3. The fourth-order valence-electron chi connectivity index (χ4n) is 4.63. The van der Waals surface area contributed by atoms with Crippen LogP contribution in [0.1, 0.15) is 48.6 Å². The van der Waals surface area contributed by atoms with Crippen molar-refractivity contribution in [2.75, 3.05) is 26.9 Å². The third-order valence-electron chi connectivity index (χ3n) is 6.06. The molecular weight excluding hydrogens is 322 g/mol. The Morgan fingerprint density at radius 1 is 1.29 bits per heavy atom. The third-order valence-corrected chi connectivity index (χ3v) is 7.09. The number of amides is 1. The molecule has 0 aromatic carbocycles. The topological polar surface area (TPSA) is 38.8 Å². The number of fused-ring (bicyclic) bond motifs is 1. The summed E-state index contributed by atoms with van der Waals surface area (Å²) >= 11 is 1.82. The number of rotatable bonds is 3. The Kier molecular flexibility index (Phi) is 4.93. The second-order valence-electron chi connectivity index (χ2n) is 7.37. The van der Waals surface area contributed by atoms with Gasteiger partial charge in [-0.15, -0.1) is 11.3 Å². The van der Waals surface area contributed by atoms with Crippen molar-refractivity contribution in [3.8, 4) is 0 Å². The van der Waals surface area contributed by atoms with Crippen LogP contribution in [0, 0.1) is 11.8 Å². The monoisotopic (exact) mass is 349 g/mol. The Morgan fingerprint density at radius 2 is 2.12 bits per heavy atom. The van der Waals surface area contributed by atoms with Gasteiger partial charge in [0, 0.05) is 37.0 Å². The van der Waals surface area contributed by atoms with Crippen LogP contribution in [-0.4, -0.2) is 43.8 Å². The molecule has 0 N–H and O–H groups in total. The Labute approximate surface area is 148 Å². The normalized spacial score (nSPS) is 33.5. The van der Waals surface area contributed by atoms with Crippen LogP contribution >= 0.6 is 11.3 Å².